The molecule has 37 heavy (non-hydrogen) atoms. The second-order valence-corrected chi connectivity index (χ2v) is 11.2. The largest absolute Gasteiger partial charge is 0.390 e. The molecule has 0 aliphatic heterocycles. The van der Waals surface area contributed by atoms with Crippen molar-refractivity contribution in [3.05, 3.63) is 70.8 Å². The number of hydrogen-bond donors (Lipinski definition) is 4. The topological polar surface area (TPSA) is 82.6 Å². The second-order valence-electron chi connectivity index (χ2n) is 11.2. The quantitative estimate of drug-likeness (QED) is 0.354. The maximum Gasteiger partial charge on any atom is 0.217 e. The van der Waals surface area contributed by atoms with E-state index < -0.39 is 23.8 Å². The van der Waals surface area contributed by atoms with Crippen molar-refractivity contribution in [2.75, 3.05) is 13.7 Å². The van der Waals surface area contributed by atoms with E-state index in [2.05, 4.69) is 61.2 Å². The minimum atomic E-state index is -0.979. The smallest absolute Gasteiger partial charge is 0.217 e. The Morgan fingerprint density at radius 2 is 1.78 bits per heavy atom. The van der Waals surface area contributed by atoms with Crippen molar-refractivity contribution in [3.63, 3.8) is 0 Å². The van der Waals surface area contributed by atoms with E-state index in [1.54, 1.807) is 7.11 Å². The molecule has 1 amide bonds. The van der Waals surface area contributed by atoms with Gasteiger partial charge in [-0.25, -0.2) is 8.78 Å². The number of aliphatic hydroxyl groups excluding tert-OH is 1. The summed E-state index contributed by atoms with van der Waals surface area (Å²) in [6.45, 7) is 8.11. The van der Waals surface area contributed by atoms with Gasteiger partial charge in [0.15, 0.2) is 0 Å². The van der Waals surface area contributed by atoms with Crippen molar-refractivity contribution in [1.82, 2.24) is 16.1 Å². The van der Waals surface area contributed by atoms with Gasteiger partial charge in [0.05, 0.1) is 19.3 Å². The number of aliphatic hydroxyl groups is 1. The van der Waals surface area contributed by atoms with E-state index in [9.17, 15) is 18.7 Å². The van der Waals surface area contributed by atoms with E-state index >= 15 is 0 Å². The molecule has 0 unspecified atom stereocenters. The summed E-state index contributed by atoms with van der Waals surface area (Å²) in [5, 5.41) is 17.6. The molecule has 2 aromatic rings. The highest BCUT2D eigenvalue weighted by Crippen LogP contribution is 2.39. The van der Waals surface area contributed by atoms with Gasteiger partial charge in [-0.2, -0.15) is 5.48 Å². The first-order valence-corrected chi connectivity index (χ1v) is 13.0. The molecule has 6 nitrogen and oxygen atoms in total. The molecule has 0 aromatic heterocycles. The zero-order valence-corrected chi connectivity index (χ0v) is 22.5. The molecule has 2 aromatic carbocycles. The lowest BCUT2D eigenvalue weighted by Gasteiger charge is -2.43. The summed E-state index contributed by atoms with van der Waals surface area (Å²) in [5.74, 6) is -1.70. The summed E-state index contributed by atoms with van der Waals surface area (Å²) >= 11 is 0. The van der Waals surface area contributed by atoms with Crippen molar-refractivity contribution in [3.8, 4) is 0 Å². The van der Waals surface area contributed by atoms with Crippen LogP contribution in [0.3, 0.4) is 0 Å². The van der Waals surface area contributed by atoms with E-state index in [0.29, 0.717) is 5.56 Å². The predicted octanol–water partition coefficient (Wildman–Crippen LogP) is 4.25. The van der Waals surface area contributed by atoms with Crippen molar-refractivity contribution in [2.24, 2.45) is 0 Å². The number of amides is 1. The summed E-state index contributed by atoms with van der Waals surface area (Å²) in [4.78, 5) is 17.0. The maximum atomic E-state index is 13.8. The molecule has 3 rings (SSSR count). The van der Waals surface area contributed by atoms with Crippen LogP contribution in [0, 0.1) is 11.6 Å². The Labute approximate surface area is 219 Å². The van der Waals surface area contributed by atoms with Gasteiger partial charge in [-0.15, -0.1) is 0 Å². The van der Waals surface area contributed by atoms with Crippen molar-refractivity contribution >= 4 is 5.91 Å². The number of carbonyl (C=O) groups excluding carboxylic acids is 1. The van der Waals surface area contributed by atoms with Crippen LogP contribution in [0.5, 0.6) is 0 Å². The number of halogens is 2. The Morgan fingerprint density at radius 1 is 1.14 bits per heavy atom. The molecule has 8 heteroatoms. The zero-order valence-electron chi connectivity index (χ0n) is 22.5. The molecule has 2 atom stereocenters. The number of rotatable bonds is 10. The van der Waals surface area contributed by atoms with Crippen LogP contribution in [0.15, 0.2) is 42.5 Å². The lowest BCUT2D eigenvalue weighted by Crippen LogP contribution is -2.54. The molecule has 0 heterocycles. The van der Waals surface area contributed by atoms with Gasteiger partial charge in [0, 0.05) is 31.1 Å². The first-order valence-electron chi connectivity index (χ1n) is 13.0. The lowest BCUT2D eigenvalue weighted by atomic mass is 9.73. The summed E-state index contributed by atoms with van der Waals surface area (Å²) in [6, 6.07) is 11.4. The molecule has 0 radical (unpaired) electrons. The lowest BCUT2D eigenvalue weighted by molar-refractivity contribution is -0.120. The molecule has 0 spiro atoms. The second kappa shape index (κ2) is 12.4. The van der Waals surface area contributed by atoms with Gasteiger partial charge >= 0.3 is 0 Å². The van der Waals surface area contributed by atoms with E-state index in [-0.39, 0.29) is 35.9 Å². The van der Waals surface area contributed by atoms with Gasteiger partial charge < -0.3 is 20.6 Å². The number of benzene rings is 2. The highest BCUT2D eigenvalue weighted by molar-refractivity contribution is 5.73. The molecule has 0 saturated heterocycles. The molecule has 1 saturated carbocycles. The van der Waals surface area contributed by atoms with Gasteiger partial charge in [0.25, 0.3) is 0 Å². The molecule has 1 fully saturated rings. The van der Waals surface area contributed by atoms with Crippen molar-refractivity contribution in [2.45, 2.75) is 88.9 Å². The fraction of sp³-hybridized carbons (Fsp3) is 0.552. The molecule has 1 aliphatic rings. The van der Waals surface area contributed by atoms with Crippen LogP contribution >= 0.6 is 0 Å². The first-order chi connectivity index (χ1) is 17.4. The monoisotopic (exact) mass is 517 g/mol. The van der Waals surface area contributed by atoms with Crippen LogP contribution in [0.1, 0.15) is 70.1 Å². The van der Waals surface area contributed by atoms with E-state index in [4.69, 9.17) is 4.84 Å². The molecular weight excluding hydrogens is 476 g/mol. The molecule has 4 N–H and O–H groups in total. The number of hydroxylamine groups is 1. The minimum absolute atomic E-state index is 0.0117. The Hall–Kier alpha value is -2.39. The van der Waals surface area contributed by atoms with Crippen LogP contribution in [0.4, 0.5) is 8.78 Å². The normalized spacial score (nSPS) is 21.9. The predicted molar refractivity (Wildman–Crippen MR) is 141 cm³/mol. The number of hydrogen-bond acceptors (Lipinski definition) is 5. The number of nitrogens with one attached hydrogen (secondary N) is 3. The average molecular weight is 518 g/mol. The third-order valence-corrected chi connectivity index (χ3v) is 7.29. The third-order valence-electron chi connectivity index (χ3n) is 7.29. The SMILES string of the molecule is CONC1CCC(NC[C@@H](O)[C@H](Cc2cc(F)cc(F)c2)NC(C)=O)(c2cccc(C(C)(C)C)c2)CC1. The van der Waals surface area contributed by atoms with Crippen LogP contribution in [-0.2, 0) is 27.0 Å². The maximum absolute atomic E-state index is 13.8. The van der Waals surface area contributed by atoms with Crippen molar-refractivity contribution < 1.29 is 23.5 Å². The summed E-state index contributed by atoms with van der Waals surface area (Å²) in [5.41, 5.74) is 5.44. The Morgan fingerprint density at radius 3 is 2.35 bits per heavy atom. The highest BCUT2D eigenvalue weighted by atomic mass is 19.1. The fourth-order valence-electron chi connectivity index (χ4n) is 5.22. The van der Waals surface area contributed by atoms with E-state index in [1.807, 2.05) is 0 Å². The van der Waals surface area contributed by atoms with Gasteiger partial charge in [-0.3, -0.25) is 4.79 Å². The molecule has 204 valence electrons. The van der Waals surface area contributed by atoms with Crippen LogP contribution < -0.4 is 16.1 Å². The Kier molecular flexibility index (Phi) is 9.80. The first kappa shape index (κ1) is 29.2. The van der Waals surface area contributed by atoms with Crippen LogP contribution in [0.2, 0.25) is 0 Å². The fourth-order valence-corrected chi connectivity index (χ4v) is 5.22. The summed E-state index contributed by atoms with van der Waals surface area (Å²) < 4.78 is 27.5. The van der Waals surface area contributed by atoms with Gasteiger partial charge in [-0.05, 0) is 66.3 Å². The standard InChI is InChI=1S/C29H41F2N3O3/c1-19(35)33-26(15-20-13-23(30)17-24(31)14-20)27(36)18-32-29(11-9-25(10-12-29)34-37-5)22-8-6-7-21(16-22)28(2,3)4/h6-8,13-14,16-17,25-27,32,34,36H,9-12,15,18H2,1-5H3,(H,33,35)/t25?,26-,27+,29?/m0/s1. The zero-order chi connectivity index (χ0) is 27.2. The van der Waals surface area contributed by atoms with E-state index in [1.165, 1.54) is 24.6 Å². The molecular formula is C29H41F2N3O3. The Bertz CT molecular complexity index is 1030. The highest BCUT2D eigenvalue weighted by Gasteiger charge is 2.38. The van der Waals surface area contributed by atoms with Gasteiger partial charge in [0.2, 0.25) is 5.91 Å². The van der Waals surface area contributed by atoms with Crippen LogP contribution in [0.25, 0.3) is 0 Å². The Balaban J connectivity index is 1.83. The minimum Gasteiger partial charge on any atom is -0.390 e. The summed E-state index contributed by atoms with van der Waals surface area (Å²) in [6.07, 6.45) is 2.54. The van der Waals surface area contributed by atoms with Gasteiger partial charge in [-0.1, -0.05) is 45.0 Å². The molecule has 1 aliphatic carbocycles. The van der Waals surface area contributed by atoms with Gasteiger partial charge in [0.1, 0.15) is 11.6 Å². The molecule has 0 bridgehead atoms. The number of carbonyl (C=O) groups is 1. The van der Waals surface area contributed by atoms with E-state index in [0.717, 1.165) is 37.3 Å². The average Bonchev–Trinajstić information content (AvgIpc) is 2.82. The van der Waals surface area contributed by atoms with Crippen molar-refractivity contribution in [1.29, 1.82) is 0 Å². The summed E-state index contributed by atoms with van der Waals surface area (Å²) in [7, 11) is 1.62. The third kappa shape index (κ3) is 8.04. The van der Waals surface area contributed by atoms with Crippen LogP contribution in [-0.4, -0.2) is 42.9 Å².